The Morgan fingerprint density at radius 2 is 2.17 bits per heavy atom. The molecule has 126 valence electrons. The molecule has 0 spiro atoms. The number of rotatable bonds is 2. The molecule has 1 saturated heterocycles. The van der Waals surface area contributed by atoms with Crippen molar-refractivity contribution in [3.05, 3.63) is 41.7 Å². The van der Waals surface area contributed by atoms with E-state index >= 15 is 0 Å². The van der Waals surface area contributed by atoms with Gasteiger partial charge in [0.2, 0.25) is 6.10 Å². The van der Waals surface area contributed by atoms with Gasteiger partial charge in [0, 0.05) is 24.7 Å². The third-order valence-electron chi connectivity index (χ3n) is 4.66. The largest absolute Gasteiger partial charge is 0.485 e. The summed E-state index contributed by atoms with van der Waals surface area (Å²) in [6.07, 6.45) is 1.46. The Morgan fingerprint density at radius 1 is 1.33 bits per heavy atom. The van der Waals surface area contributed by atoms with Crippen molar-refractivity contribution < 1.29 is 14.3 Å². The molecule has 2 aliphatic heterocycles. The molecule has 2 atom stereocenters. The molecule has 1 aromatic heterocycles. The van der Waals surface area contributed by atoms with Crippen molar-refractivity contribution in [3.8, 4) is 11.5 Å². The highest BCUT2D eigenvalue weighted by atomic mass is 16.6. The lowest BCUT2D eigenvalue weighted by Crippen LogP contribution is -2.49. The summed E-state index contributed by atoms with van der Waals surface area (Å²) in [6.45, 7) is 3.70. The number of aryl methyl sites for hydroxylation is 1. The van der Waals surface area contributed by atoms with E-state index in [0.29, 0.717) is 18.0 Å². The number of carbonyl (C=O) groups excluding carboxylic acids is 1. The van der Waals surface area contributed by atoms with Gasteiger partial charge in [0.15, 0.2) is 11.5 Å². The van der Waals surface area contributed by atoms with Crippen LogP contribution in [0.5, 0.6) is 11.5 Å². The lowest BCUT2D eigenvalue weighted by atomic mass is 9.94. The molecule has 1 N–H and O–H groups in total. The number of fused-ring (bicyclic) bond motifs is 1. The van der Waals surface area contributed by atoms with E-state index in [1.807, 2.05) is 36.1 Å². The van der Waals surface area contributed by atoms with Gasteiger partial charge in [-0.1, -0.05) is 12.1 Å². The number of para-hydroxylation sites is 2. The second-order valence-electron chi connectivity index (χ2n) is 6.46. The fourth-order valence-corrected chi connectivity index (χ4v) is 3.41. The summed E-state index contributed by atoms with van der Waals surface area (Å²) in [7, 11) is 0. The first kappa shape index (κ1) is 15.1. The number of likely N-dealkylation sites (tertiary alicyclic amines) is 1. The van der Waals surface area contributed by atoms with Crippen LogP contribution in [0.3, 0.4) is 0 Å². The van der Waals surface area contributed by atoms with Gasteiger partial charge in [-0.05, 0) is 38.0 Å². The predicted molar refractivity (Wildman–Crippen MR) is 88.2 cm³/mol. The van der Waals surface area contributed by atoms with Gasteiger partial charge < -0.3 is 14.4 Å². The van der Waals surface area contributed by atoms with Crippen LogP contribution in [0, 0.1) is 6.92 Å². The normalized spacial score (nSPS) is 23.1. The number of nitrogens with one attached hydrogen (secondary N) is 1. The number of carbonyl (C=O) groups is 1. The van der Waals surface area contributed by atoms with Crippen LogP contribution in [0.25, 0.3) is 0 Å². The molecule has 0 aliphatic carbocycles. The molecule has 2 aromatic rings. The smallest absolute Gasteiger partial charge is 0.267 e. The molecule has 6 nitrogen and oxygen atoms in total. The average Bonchev–Trinajstić information content (AvgIpc) is 3.07. The third-order valence-corrected chi connectivity index (χ3v) is 4.66. The number of aromatic amines is 1. The average molecular weight is 327 g/mol. The van der Waals surface area contributed by atoms with Crippen molar-refractivity contribution in [1.82, 2.24) is 15.1 Å². The number of nitrogens with zero attached hydrogens (tertiary/aromatic N) is 2. The van der Waals surface area contributed by atoms with Crippen LogP contribution in [0.4, 0.5) is 0 Å². The van der Waals surface area contributed by atoms with E-state index in [2.05, 4.69) is 16.3 Å². The minimum Gasteiger partial charge on any atom is -0.485 e. The second kappa shape index (κ2) is 6.19. The maximum absolute atomic E-state index is 12.8. The molecule has 0 bridgehead atoms. The molecule has 4 rings (SSSR count). The van der Waals surface area contributed by atoms with Crippen LogP contribution in [0.15, 0.2) is 30.3 Å². The summed E-state index contributed by atoms with van der Waals surface area (Å²) in [6, 6.07) is 9.53. The first-order chi connectivity index (χ1) is 11.7. The Morgan fingerprint density at radius 3 is 2.96 bits per heavy atom. The molecule has 1 amide bonds. The zero-order valence-electron chi connectivity index (χ0n) is 13.7. The molecular weight excluding hydrogens is 306 g/mol. The third kappa shape index (κ3) is 2.84. The van der Waals surface area contributed by atoms with Gasteiger partial charge in [-0.25, -0.2) is 0 Å². The summed E-state index contributed by atoms with van der Waals surface area (Å²) in [4.78, 5) is 14.7. The van der Waals surface area contributed by atoms with Crippen LogP contribution < -0.4 is 9.47 Å². The van der Waals surface area contributed by atoms with Crippen molar-refractivity contribution in [1.29, 1.82) is 0 Å². The van der Waals surface area contributed by atoms with E-state index in [4.69, 9.17) is 9.47 Å². The molecule has 2 aliphatic rings. The summed E-state index contributed by atoms with van der Waals surface area (Å²) in [5, 5.41) is 7.34. The van der Waals surface area contributed by atoms with Crippen molar-refractivity contribution in [2.24, 2.45) is 0 Å². The molecular formula is C18H21N3O3. The molecule has 0 radical (unpaired) electrons. The maximum Gasteiger partial charge on any atom is 0.267 e. The van der Waals surface area contributed by atoms with Crippen LogP contribution in [-0.4, -0.2) is 46.8 Å². The molecule has 0 unspecified atom stereocenters. The number of hydrogen-bond acceptors (Lipinski definition) is 4. The van der Waals surface area contributed by atoms with E-state index in [0.717, 1.165) is 30.8 Å². The van der Waals surface area contributed by atoms with E-state index in [1.165, 1.54) is 0 Å². The molecule has 24 heavy (non-hydrogen) atoms. The van der Waals surface area contributed by atoms with Gasteiger partial charge in [-0.15, -0.1) is 0 Å². The molecule has 1 aromatic carbocycles. The van der Waals surface area contributed by atoms with Gasteiger partial charge in [0.25, 0.3) is 5.91 Å². The highest BCUT2D eigenvalue weighted by Crippen LogP contribution is 2.32. The van der Waals surface area contributed by atoms with Gasteiger partial charge in [-0.2, -0.15) is 5.10 Å². The van der Waals surface area contributed by atoms with Crippen molar-refractivity contribution in [2.45, 2.75) is 31.8 Å². The zero-order chi connectivity index (χ0) is 16.5. The summed E-state index contributed by atoms with van der Waals surface area (Å²) in [5.41, 5.74) is 2.09. The lowest BCUT2D eigenvalue weighted by molar-refractivity contribution is -0.142. The SMILES string of the molecule is Cc1cc([C@@H]2CCCN(C(=O)[C@H]3COc4ccccc4O3)C2)n[nH]1. The number of piperidine rings is 1. The topological polar surface area (TPSA) is 67.5 Å². The fraction of sp³-hybridized carbons (Fsp3) is 0.444. The van der Waals surface area contributed by atoms with E-state index < -0.39 is 6.10 Å². The monoisotopic (exact) mass is 327 g/mol. The number of H-pyrrole nitrogens is 1. The van der Waals surface area contributed by atoms with Gasteiger partial charge >= 0.3 is 0 Å². The number of aromatic nitrogens is 2. The molecule has 0 saturated carbocycles. The first-order valence-corrected chi connectivity index (χ1v) is 8.40. The number of benzene rings is 1. The summed E-state index contributed by atoms with van der Waals surface area (Å²) in [5.74, 6) is 1.62. The Balaban J connectivity index is 1.45. The van der Waals surface area contributed by atoms with Crippen LogP contribution in [-0.2, 0) is 4.79 Å². The highest BCUT2D eigenvalue weighted by Gasteiger charge is 2.34. The van der Waals surface area contributed by atoms with Crippen molar-refractivity contribution in [2.75, 3.05) is 19.7 Å². The minimum atomic E-state index is -0.570. The van der Waals surface area contributed by atoms with E-state index in [-0.39, 0.29) is 18.4 Å². The zero-order valence-corrected chi connectivity index (χ0v) is 13.7. The Kier molecular flexibility index (Phi) is 3.88. The predicted octanol–water partition coefficient (Wildman–Crippen LogP) is 2.26. The molecule has 6 heteroatoms. The summed E-state index contributed by atoms with van der Waals surface area (Å²) >= 11 is 0. The van der Waals surface area contributed by atoms with Crippen LogP contribution in [0.1, 0.15) is 30.1 Å². The van der Waals surface area contributed by atoms with Gasteiger partial charge in [-0.3, -0.25) is 9.89 Å². The highest BCUT2D eigenvalue weighted by molar-refractivity contribution is 5.82. The van der Waals surface area contributed by atoms with Crippen molar-refractivity contribution >= 4 is 5.91 Å². The maximum atomic E-state index is 12.8. The quantitative estimate of drug-likeness (QED) is 0.919. The standard InChI is InChI=1S/C18H21N3O3/c1-12-9-14(20-19-12)13-5-4-8-21(10-13)18(22)17-11-23-15-6-2-3-7-16(15)24-17/h2-3,6-7,9,13,17H,4-5,8,10-11H2,1H3,(H,19,20)/t13-,17-/m1/s1. The lowest BCUT2D eigenvalue weighted by Gasteiger charge is -2.35. The Hall–Kier alpha value is -2.50. The molecule has 1 fully saturated rings. The number of ether oxygens (including phenoxy) is 2. The molecule has 3 heterocycles. The Labute approximate surface area is 140 Å². The summed E-state index contributed by atoms with van der Waals surface area (Å²) < 4.78 is 11.5. The number of hydrogen-bond donors (Lipinski definition) is 1. The first-order valence-electron chi connectivity index (χ1n) is 8.40. The number of amides is 1. The minimum absolute atomic E-state index is 0.00135. The van der Waals surface area contributed by atoms with E-state index in [9.17, 15) is 4.79 Å². The van der Waals surface area contributed by atoms with Crippen LogP contribution >= 0.6 is 0 Å². The van der Waals surface area contributed by atoms with E-state index in [1.54, 1.807) is 0 Å². The van der Waals surface area contributed by atoms with Crippen LogP contribution in [0.2, 0.25) is 0 Å². The van der Waals surface area contributed by atoms with Crippen molar-refractivity contribution in [3.63, 3.8) is 0 Å². The fourth-order valence-electron chi connectivity index (χ4n) is 3.41. The van der Waals surface area contributed by atoms with Gasteiger partial charge in [0.05, 0.1) is 5.69 Å². The van der Waals surface area contributed by atoms with Gasteiger partial charge in [0.1, 0.15) is 6.61 Å². The second-order valence-corrected chi connectivity index (χ2v) is 6.46. The Bertz CT molecular complexity index is 743.